The van der Waals surface area contributed by atoms with Crippen LogP contribution in [0.4, 0.5) is 24.8 Å². The Hall–Kier alpha value is -2.99. The van der Waals surface area contributed by atoms with Crippen LogP contribution in [-0.4, -0.2) is 35.0 Å². The topological polar surface area (TPSA) is 102 Å². The summed E-state index contributed by atoms with van der Waals surface area (Å²) in [5.41, 5.74) is 0.289. The highest BCUT2D eigenvalue weighted by molar-refractivity contribution is 7.89. The SMILES string of the molecule is CNS(=O)(=O)c1ccc(Nc2ncc(C(F)(F)F)cn2)c(-c2cn(C)cn2)c1. The van der Waals surface area contributed by atoms with Crippen molar-refractivity contribution >= 4 is 21.7 Å². The highest BCUT2D eigenvalue weighted by Crippen LogP contribution is 2.32. The van der Waals surface area contributed by atoms with Gasteiger partial charge in [-0.2, -0.15) is 13.2 Å². The highest BCUT2D eigenvalue weighted by Gasteiger charge is 2.31. The van der Waals surface area contributed by atoms with Crippen molar-refractivity contribution in [2.45, 2.75) is 11.1 Å². The number of nitrogens with zero attached hydrogens (tertiary/aromatic N) is 4. The van der Waals surface area contributed by atoms with E-state index in [-0.39, 0.29) is 10.8 Å². The van der Waals surface area contributed by atoms with Gasteiger partial charge in [-0.15, -0.1) is 0 Å². The van der Waals surface area contributed by atoms with E-state index in [1.54, 1.807) is 17.8 Å². The molecule has 2 heterocycles. The van der Waals surface area contributed by atoms with Crippen LogP contribution in [0.1, 0.15) is 5.56 Å². The lowest BCUT2D eigenvalue weighted by molar-refractivity contribution is -0.138. The number of anilines is 2. The number of hydrogen-bond donors (Lipinski definition) is 2. The van der Waals surface area contributed by atoms with Crippen LogP contribution in [-0.2, 0) is 23.2 Å². The van der Waals surface area contributed by atoms with E-state index in [1.165, 1.54) is 31.6 Å². The lowest BCUT2D eigenvalue weighted by atomic mass is 10.1. The predicted octanol–water partition coefficient (Wildman–Crippen LogP) is 2.55. The summed E-state index contributed by atoms with van der Waals surface area (Å²) in [6.45, 7) is 0. The molecule has 2 N–H and O–H groups in total. The molecule has 2 aromatic heterocycles. The second-order valence-corrected chi connectivity index (χ2v) is 7.64. The number of aryl methyl sites for hydroxylation is 1. The Morgan fingerprint density at radius 2 is 1.79 bits per heavy atom. The van der Waals surface area contributed by atoms with Crippen molar-refractivity contribution in [2.75, 3.05) is 12.4 Å². The molecule has 3 rings (SSSR count). The van der Waals surface area contributed by atoms with E-state index in [0.29, 0.717) is 29.3 Å². The minimum absolute atomic E-state index is 0.00883. The fourth-order valence-corrected chi connectivity index (χ4v) is 3.10. The third-order valence-electron chi connectivity index (χ3n) is 3.78. The number of alkyl halides is 3. The molecule has 1 aromatic carbocycles. The molecule has 0 amide bonds. The molecule has 0 aliphatic heterocycles. The Bertz CT molecular complexity index is 1090. The molecule has 0 bridgehead atoms. The molecule has 0 spiro atoms. The molecule has 0 saturated heterocycles. The Balaban J connectivity index is 2.03. The summed E-state index contributed by atoms with van der Waals surface area (Å²) in [4.78, 5) is 11.5. The minimum Gasteiger partial charge on any atom is -0.340 e. The Morgan fingerprint density at radius 3 is 2.32 bits per heavy atom. The molecule has 148 valence electrons. The quantitative estimate of drug-likeness (QED) is 0.668. The van der Waals surface area contributed by atoms with Gasteiger partial charge in [-0.3, -0.25) is 0 Å². The van der Waals surface area contributed by atoms with E-state index in [2.05, 4.69) is 25.0 Å². The highest BCUT2D eigenvalue weighted by atomic mass is 32.2. The van der Waals surface area contributed by atoms with Gasteiger partial charge in [0, 0.05) is 31.2 Å². The maximum absolute atomic E-state index is 12.7. The number of halogens is 3. The van der Waals surface area contributed by atoms with E-state index in [9.17, 15) is 21.6 Å². The molecule has 8 nitrogen and oxygen atoms in total. The van der Waals surface area contributed by atoms with Crippen molar-refractivity contribution < 1.29 is 21.6 Å². The number of aromatic nitrogens is 4. The first-order valence-electron chi connectivity index (χ1n) is 7.82. The monoisotopic (exact) mass is 412 g/mol. The van der Waals surface area contributed by atoms with E-state index < -0.39 is 21.8 Å². The standard InChI is InChI=1S/C16H15F3N6O2S/c1-20-28(26,27)11-3-4-13(12(5-11)14-8-25(2)9-23-14)24-15-21-6-10(7-22-15)16(17,18)19/h3-9,20H,1-2H3,(H,21,22,24). The Labute approximate surface area is 158 Å². The normalized spacial score (nSPS) is 12.2. The summed E-state index contributed by atoms with van der Waals surface area (Å²) in [5.74, 6) is -0.0746. The largest absolute Gasteiger partial charge is 0.419 e. The van der Waals surface area contributed by atoms with Gasteiger partial charge >= 0.3 is 6.18 Å². The first-order chi connectivity index (χ1) is 13.1. The fraction of sp³-hybridized carbons (Fsp3) is 0.188. The van der Waals surface area contributed by atoms with E-state index in [0.717, 1.165) is 0 Å². The maximum atomic E-state index is 12.7. The van der Waals surface area contributed by atoms with E-state index in [4.69, 9.17) is 0 Å². The number of hydrogen-bond acceptors (Lipinski definition) is 6. The predicted molar refractivity (Wildman–Crippen MR) is 95.2 cm³/mol. The molecule has 28 heavy (non-hydrogen) atoms. The van der Waals surface area contributed by atoms with Crippen molar-refractivity contribution in [1.29, 1.82) is 0 Å². The van der Waals surface area contributed by atoms with Crippen LogP contribution in [0.3, 0.4) is 0 Å². The molecular formula is C16H15F3N6O2S. The van der Waals surface area contributed by atoms with Gasteiger partial charge in [0.15, 0.2) is 0 Å². The smallest absolute Gasteiger partial charge is 0.340 e. The second-order valence-electron chi connectivity index (χ2n) is 5.76. The van der Waals surface area contributed by atoms with Crippen LogP contribution in [0.25, 0.3) is 11.3 Å². The minimum atomic E-state index is -4.54. The summed E-state index contributed by atoms with van der Waals surface area (Å²) in [6, 6.07) is 4.22. The lowest BCUT2D eigenvalue weighted by Gasteiger charge is -2.12. The van der Waals surface area contributed by atoms with Gasteiger partial charge in [-0.1, -0.05) is 0 Å². The van der Waals surface area contributed by atoms with Crippen LogP contribution >= 0.6 is 0 Å². The summed E-state index contributed by atoms with van der Waals surface area (Å²) < 4.78 is 66.1. The third kappa shape index (κ3) is 4.12. The molecule has 3 aromatic rings. The van der Waals surface area contributed by atoms with Crippen molar-refractivity contribution in [3.63, 3.8) is 0 Å². The molecule has 0 fully saturated rings. The third-order valence-corrected chi connectivity index (χ3v) is 5.19. The van der Waals surface area contributed by atoms with Gasteiger partial charge in [-0.25, -0.2) is 28.1 Å². The van der Waals surface area contributed by atoms with E-state index >= 15 is 0 Å². The first kappa shape index (κ1) is 19.8. The first-order valence-corrected chi connectivity index (χ1v) is 9.30. The van der Waals surface area contributed by atoms with E-state index in [1.807, 2.05) is 0 Å². The molecule has 0 radical (unpaired) electrons. The van der Waals surface area contributed by atoms with Gasteiger partial charge in [0.1, 0.15) is 0 Å². The number of benzene rings is 1. The number of imidazole rings is 1. The summed E-state index contributed by atoms with van der Waals surface area (Å²) >= 11 is 0. The molecule has 0 aliphatic carbocycles. The van der Waals surface area contributed by atoms with Gasteiger partial charge in [0.25, 0.3) is 0 Å². The van der Waals surface area contributed by atoms with Crippen LogP contribution in [0.2, 0.25) is 0 Å². The zero-order valence-electron chi connectivity index (χ0n) is 14.7. The molecule has 0 unspecified atom stereocenters. The van der Waals surface area contributed by atoms with Gasteiger partial charge in [-0.05, 0) is 25.2 Å². The summed E-state index contributed by atoms with van der Waals surface area (Å²) in [5, 5.41) is 2.80. The maximum Gasteiger partial charge on any atom is 0.419 e. The average molecular weight is 412 g/mol. The summed E-state index contributed by atoms with van der Waals surface area (Å²) in [7, 11) is -0.666. The van der Waals surface area contributed by atoms with Gasteiger partial charge in [0.2, 0.25) is 16.0 Å². The molecule has 0 atom stereocenters. The van der Waals surface area contributed by atoms with Crippen LogP contribution in [0.5, 0.6) is 0 Å². The van der Waals surface area contributed by atoms with Crippen molar-refractivity contribution in [3.05, 3.63) is 48.7 Å². The molecular weight excluding hydrogens is 397 g/mol. The second kappa shape index (κ2) is 7.20. The average Bonchev–Trinajstić information content (AvgIpc) is 3.08. The van der Waals surface area contributed by atoms with Gasteiger partial charge in [0.05, 0.1) is 28.2 Å². The van der Waals surface area contributed by atoms with Crippen LogP contribution in [0.15, 0.2) is 48.0 Å². The van der Waals surface area contributed by atoms with Crippen LogP contribution in [0, 0.1) is 0 Å². The zero-order chi connectivity index (χ0) is 20.5. The van der Waals surface area contributed by atoms with Crippen molar-refractivity contribution in [2.24, 2.45) is 7.05 Å². The number of rotatable bonds is 5. The number of sulfonamides is 1. The summed E-state index contributed by atoms with van der Waals surface area (Å²) in [6.07, 6.45) is -0.0110. The zero-order valence-corrected chi connectivity index (χ0v) is 15.5. The Kier molecular flexibility index (Phi) is 5.08. The van der Waals surface area contributed by atoms with Crippen molar-refractivity contribution in [3.8, 4) is 11.3 Å². The lowest BCUT2D eigenvalue weighted by Crippen LogP contribution is -2.18. The van der Waals surface area contributed by atoms with Crippen molar-refractivity contribution in [1.82, 2.24) is 24.2 Å². The molecule has 0 aliphatic rings. The van der Waals surface area contributed by atoms with Gasteiger partial charge < -0.3 is 9.88 Å². The molecule has 0 saturated carbocycles. The van der Waals surface area contributed by atoms with Crippen LogP contribution < -0.4 is 10.0 Å². The Morgan fingerprint density at radius 1 is 1.11 bits per heavy atom. The number of nitrogens with one attached hydrogen (secondary N) is 2. The fourth-order valence-electron chi connectivity index (χ4n) is 2.34. The molecule has 12 heteroatoms.